The first kappa shape index (κ1) is 13.1. The van der Waals surface area contributed by atoms with Crippen LogP contribution in [0.15, 0.2) is 18.5 Å². The third-order valence-electron chi connectivity index (χ3n) is 3.76. The number of nitrogens with two attached hydrogens (primary N) is 1. The molecule has 1 saturated heterocycles. The summed E-state index contributed by atoms with van der Waals surface area (Å²) in [4.78, 5) is 11.0. The highest BCUT2D eigenvalue weighted by Crippen LogP contribution is 2.22. The number of hydrogen-bond donors (Lipinski definition) is 2. The lowest BCUT2D eigenvalue weighted by atomic mass is 9.99. The van der Waals surface area contributed by atoms with Gasteiger partial charge in [-0.15, -0.1) is 5.10 Å². The molecule has 1 aliphatic rings. The van der Waals surface area contributed by atoms with Gasteiger partial charge in [0.05, 0.1) is 0 Å². The Kier molecular flexibility index (Phi) is 3.64. The molecular weight excluding hydrogens is 252 g/mol. The van der Waals surface area contributed by atoms with Crippen LogP contribution >= 0.6 is 0 Å². The number of nitrogens with one attached hydrogen (secondary N) is 1. The van der Waals surface area contributed by atoms with Gasteiger partial charge in [-0.05, 0) is 43.9 Å². The summed E-state index contributed by atoms with van der Waals surface area (Å²) in [6.07, 6.45) is 5.98. The monoisotopic (exact) mass is 272 g/mol. The van der Waals surface area contributed by atoms with Gasteiger partial charge in [-0.25, -0.2) is 0 Å². The van der Waals surface area contributed by atoms with E-state index in [-0.39, 0.29) is 0 Å². The fraction of sp³-hybridized carbons (Fsp3) is 0.500. The molecular formula is C14H20N6. The number of aryl methyl sites for hydroxylation is 1. The van der Waals surface area contributed by atoms with Gasteiger partial charge in [-0.1, -0.05) is 0 Å². The molecule has 20 heavy (non-hydrogen) atoms. The molecule has 1 fully saturated rings. The molecule has 1 atom stereocenters. The Labute approximate surface area is 118 Å². The van der Waals surface area contributed by atoms with E-state index in [1.54, 1.807) is 6.20 Å². The highest BCUT2D eigenvalue weighted by Gasteiger charge is 2.21. The molecule has 0 radical (unpaired) electrons. The minimum atomic E-state index is 0.548. The average molecular weight is 272 g/mol. The predicted molar refractivity (Wildman–Crippen MR) is 78.3 cm³/mol. The Morgan fingerprint density at radius 2 is 2.35 bits per heavy atom. The summed E-state index contributed by atoms with van der Waals surface area (Å²) in [6.45, 7) is 4.69. The highest BCUT2D eigenvalue weighted by atomic mass is 15.4. The van der Waals surface area contributed by atoms with Gasteiger partial charge in [0.1, 0.15) is 0 Å². The van der Waals surface area contributed by atoms with Gasteiger partial charge >= 0.3 is 0 Å². The molecule has 1 unspecified atom stereocenters. The van der Waals surface area contributed by atoms with Crippen molar-refractivity contribution in [3.8, 4) is 11.4 Å². The van der Waals surface area contributed by atoms with Crippen LogP contribution in [-0.4, -0.2) is 39.8 Å². The third-order valence-corrected chi connectivity index (χ3v) is 3.76. The van der Waals surface area contributed by atoms with Crippen molar-refractivity contribution in [3.63, 3.8) is 0 Å². The topological polar surface area (TPSA) is 83.7 Å². The van der Waals surface area contributed by atoms with Crippen LogP contribution in [0.1, 0.15) is 18.4 Å². The first-order valence-corrected chi connectivity index (χ1v) is 7.05. The van der Waals surface area contributed by atoms with Gasteiger partial charge in [0, 0.05) is 31.0 Å². The van der Waals surface area contributed by atoms with E-state index in [0.717, 1.165) is 49.0 Å². The lowest BCUT2D eigenvalue weighted by Gasteiger charge is -2.31. The number of piperidine rings is 1. The lowest BCUT2D eigenvalue weighted by Crippen LogP contribution is -2.38. The molecule has 106 valence electrons. The summed E-state index contributed by atoms with van der Waals surface area (Å²) in [5.41, 5.74) is 7.85. The van der Waals surface area contributed by atoms with E-state index in [9.17, 15) is 0 Å². The van der Waals surface area contributed by atoms with Crippen LogP contribution in [-0.2, 0) is 0 Å². The molecule has 0 aliphatic carbocycles. The zero-order chi connectivity index (χ0) is 13.9. The van der Waals surface area contributed by atoms with Crippen molar-refractivity contribution < 1.29 is 0 Å². The molecule has 3 rings (SSSR count). The van der Waals surface area contributed by atoms with Gasteiger partial charge < -0.3 is 10.6 Å². The normalized spacial score (nSPS) is 19.3. The lowest BCUT2D eigenvalue weighted by molar-refractivity contribution is 0.420. The summed E-state index contributed by atoms with van der Waals surface area (Å²) in [7, 11) is 0. The second-order valence-corrected chi connectivity index (χ2v) is 5.42. The smallest absolute Gasteiger partial charge is 0.245 e. The molecule has 6 heteroatoms. The Morgan fingerprint density at radius 3 is 3.15 bits per heavy atom. The standard InChI is InChI=1S/C14H20N6/c1-10-5-12(8-16-7-10)13-17-14(19-18-13)20-4-2-3-11(6-15)9-20/h5,7-8,11H,2-4,6,9,15H2,1H3,(H,17,18,19). The Hall–Kier alpha value is -1.95. The van der Waals surface area contributed by atoms with Crippen molar-refractivity contribution in [3.05, 3.63) is 24.0 Å². The molecule has 0 spiro atoms. The fourth-order valence-electron chi connectivity index (χ4n) is 2.65. The van der Waals surface area contributed by atoms with E-state index in [0.29, 0.717) is 5.92 Å². The van der Waals surface area contributed by atoms with E-state index < -0.39 is 0 Å². The molecule has 3 heterocycles. The SMILES string of the molecule is Cc1cncc(-c2nc(N3CCCC(CN)C3)n[nH]2)c1. The van der Waals surface area contributed by atoms with Gasteiger partial charge in [0.2, 0.25) is 5.95 Å². The Bertz CT molecular complexity index is 579. The molecule has 1 aliphatic heterocycles. The Balaban J connectivity index is 1.80. The van der Waals surface area contributed by atoms with E-state index in [1.807, 2.05) is 13.1 Å². The number of rotatable bonds is 3. The molecule has 2 aromatic rings. The molecule has 0 saturated carbocycles. The minimum absolute atomic E-state index is 0.548. The molecule has 0 aromatic carbocycles. The van der Waals surface area contributed by atoms with Gasteiger partial charge in [-0.2, -0.15) is 4.98 Å². The molecule has 6 nitrogen and oxygen atoms in total. The number of hydrogen-bond acceptors (Lipinski definition) is 5. The van der Waals surface area contributed by atoms with Crippen molar-refractivity contribution >= 4 is 5.95 Å². The first-order chi connectivity index (χ1) is 9.76. The number of nitrogens with zero attached hydrogens (tertiary/aromatic N) is 4. The van der Waals surface area contributed by atoms with E-state index >= 15 is 0 Å². The van der Waals surface area contributed by atoms with Gasteiger partial charge in [0.15, 0.2) is 5.82 Å². The van der Waals surface area contributed by atoms with E-state index in [1.165, 1.54) is 6.42 Å². The number of pyridine rings is 1. The number of aromatic nitrogens is 4. The predicted octanol–water partition coefficient (Wildman–Crippen LogP) is 1.35. The maximum absolute atomic E-state index is 5.77. The van der Waals surface area contributed by atoms with Crippen molar-refractivity contribution in [2.75, 3.05) is 24.5 Å². The number of aromatic amines is 1. The summed E-state index contributed by atoms with van der Waals surface area (Å²) >= 11 is 0. The minimum Gasteiger partial charge on any atom is -0.339 e. The van der Waals surface area contributed by atoms with Crippen molar-refractivity contribution in [1.29, 1.82) is 0 Å². The summed E-state index contributed by atoms with van der Waals surface area (Å²) in [6, 6.07) is 2.05. The van der Waals surface area contributed by atoms with Crippen LogP contribution in [0, 0.1) is 12.8 Å². The zero-order valence-electron chi connectivity index (χ0n) is 11.7. The second kappa shape index (κ2) is 5.58. The summed E-state index contributed by atoms with van der Waals surface area (Å²) in [5.74, 6) is 2.08. The van der Waals surface area contributed by atoms with Crippen LogP contribution in [0.2, 0.25) is 0 Å². The number of anilines is 1. The third kappa shape index (κ3) is 2.65. The van der Waals surface area contributed by atoms with Crippen molar-refractivity contribution in [2.24, 2.45) is 11.7 Å². The van der Waals surface area contributed by atoms with Crippen molar-refractivity contribution in [2.45, 2.75) is 19.8 Å². The van der Waals surface area contributed by atoms with Crippen molar-refractivity contribution in [1.82, 2.24) is 20.2 Å². The summed E-state index contributed by atoms with van der Waals surface area (Å²) < 4.78 is 0. The number of H-pyrrole nitrogens is 1. The largest absolute Gasteiger partial charge is 0.339 e. The quantitative estimate of drug-likeness (QED) is 0.881. The average Bonchev–Trinajstić information content (AvgIpc) is 2.97. The maximum Gasteiger partial charge on any atom is 0.245 e. The zero-order valence-corrected chi connectivity index (χ0v) is 11.7. The van der Waals surface area contributed by atoms with Crippen LogP contribution in [0.5, 0.6) is 0 Å². The summed E-state index contributed by atoms with van der Waals surface area (Å²) in [5, 5.41) is 7.34. The van der Waals surface area contributed by atoms with E-state index in [2.05, 4.69) is 31.1 Å². The Morgan fingerprint density at radius 1 is 1.45 bits per heavy atom. The molecule has 3 N–H and O–H groups in total. The van der Waals surface area contributed by atoms with Gasteiger partial charge in [0.25, 0.3) is 0 Å². The van der Waals surface area contributed by atoms with Crippen LogP contribution in [0.25, 0.3) is 11.4 Å². The molecule has 0 bridgehead atoms. The second-order valence-electron chi connectivity index (χ2n) is 5.42. The van der Waals surface area contributed by atoms with Crippen LogP contribution in [0.3, 0.4) is 0 Å². The van der Waals surface area contributed by atoms with E-state index in [4.69, 9.17) is 5.73 Å². The van der Waals surface area contributed by atoms with Crippen LogP contribution in [0.4, 0.5) is 5.95 Å². The van der Waals surface area contributed by atoms with Gasteiger partial charge in [-0.3, -0.25) is 10.1 Å². The maximum atomic E-state index is 5.77. The van der Waals surface area contributed by atoms with Crippen LogP contribution < -0.4 is 10.6 Å². The first-order valence-electron chi connectivity index (χ1n) is 7.05. The fourth-order valence-corrected chi connectivity index (χ4v) is 2.65. The molecule has 0 amide bonds. The highest BCUT2D eigenvalue weighted by molar-refractivity contribution is 5.55. The molecule has 2 aromatic heterocycles.